The minimum atomic E-state index is -0.0370. The summed E-state index contributed by atoms with van der Waals surface area (Å²) in [7, 11) is 0. The quantitative estimate of drug-likeness (QED) is 0.871. The first kappa shape index (κ1) is 14.4. The molecule has 114 valence electrons. The molecule has 0 fully saturated rings. The van der Waals surface area contributed by atoms with Crippen LogP contribution in [-0.2, 0) is 0 Å². The van der Waals surface area contributed by atoms with E-state index in [0.29, 0.717) is 36.8 Å². The normalized spacial score (nSPS) is 12.8. The highest BCUT2D eigenvalue weighted by atomic mass is 16.6. The highest BCUT2D eigenvalue weighted by Gasteiger charge is 2.19. The Morgan fingerprint density at radius 2 is 1.86 bits per heavy atom. The van der Waals surface area contributed by atoms with Crippen LogP contribution in [0.2, 0.25) is 0 Å². The summed E-state index contributed by atoms with van der Waals surface area (Å²) < 4.78 is 11.1. The number of anilines is 1. The highest BCUT2D eigenvalue weighted by molar-refractivity contribution is 6.06. The number of fused-ring (bicyclic) bond motifs is 1. The van der Waals surface area contributed by atoms with Gasteiger partial charge in [0, 0.05) is 17.8 Å². The van der Waals surface area contributed by atoms with Gasteiger partial charge >= 0.3 is 0 Å². The zero-order chi connectivity index (χ0) is 15.5. The fourth-order valence-electron chi connectivity index (χ4n) is 2.57. The molecule has 0 aromatic heterocycles. The van der Waals surface area contributed by atoms with Gasteiger partial charge in [0.1, 0.15) is 13.2 Å². The highest BCUT2D eigenvalue weighted by Crippen LogP contribution is 2.31. The molecule has 0 radical (unpaired) electrons. The Bertz CT molecular complexity index is 696. The van der Waals surface area contributed by atoms with E-state index in [2.05, 4.69) is 0 Å². The van der Waals surface area contributed by atoms with Crippen molar-refractivity contribution in [1.82, 2.24) is 0 Å². The Hall–Kier alpha value is -2.49. The number of hydrogen-bond acceptors (Lipinski definition) is 3. The first-order valence-corrected chi connectivity index (χ1v) is 7.47. The molecule has 0 aliphatic carbocycles. The molecule has 1 heterocycles. The number of nitrogens with zero attached hydrogens (tertiary/aromatic N) is 1. The average Bonchev–Trinajstić information content (AvgIpc) is 2.55. The second-order valence-electron chi connectivity index (χ2n) is 5.25. The number of amides is 1. The van der Waals surface area contributed by atoms with Gasteiger partial charge in [-0.05, 0) is 49.7 Å². The maximum absolute atomic E-state index is 12.8. The van der Waals surface area contributed by atoms with E-state index in [1.54, 1.807) is 23.1 Å². The fourth-order valence-corrected chi connectivity index (χ4v) is 2.57. The van der Waals surface area contributed by atoms with E-state index in [4.69, 9.17) is 9.47 Å². The first-order valence-electron chi connectivity index (χ1n) is 7.47. The predicted molar refractivity (Wildman–Crippen MR) is 86.0 cm³/mol. The Labute approximate surface area is 130 Å². The van der Waals surface area contributed by atoms with Gasteiger partial charge in [-0.1, -0.05) is 12.1 Å². The van der Waals surface area contributed by atoms with Crippen LogP contribution in [0.15, 0.2) is 42.5 Å². The molecule has 22 heavy (non-hydrogen) atoms. The van der Waals surface area contributed by atoms with Crippen LogP contribution in [-0.4, -0.2) is 25.7 Å². The van der Waals surface area contributed by atoms with Crippen LogP contribution in [0, 0.1) is 6.92 Å². The minimum absolute atomic E-state index is 0.0370. The molecule has 1 aliphatic heterocycles. The van der Waals surface area contributed by atoms with Gasteiger partial charge in [0.2, 0.25) is 0 Å². The molecule has 4 heteroatoms. The number of aryl methyl sites for hydroxylation is 1. The van der Waals surface area contributed by atoms with Crippen LogP contribution >= 0.6 is 0 Å². The molecule has 0 N–H and O–H groups in total. The zero-order valence-electron chi connectivity index (χ0n) is 12.8. The fraction of sp³-hybridized carbons (Fsp3) is 0.278. The van der Waals surface area contributed by atoms with E-state index in [0.717, 1.165) is 11.3 Å². The maximum Gasteiger partial charge on any atom is 0.258 e. The lowest BCUT2D eigenvalue weighted by Crippen LogP contribution is -2.30. The number of carbonyl (C=O) groups is 1. The Kier molecular flexibility index (Phi) is 4.00. The van der Waals surface area contributed by atoms with Crippen LogP contribution in [0.5, 0.6) is 11.5 Å². The molecule has 0 saturated carbocycles. The van der Waals surface area contributed by atoms with Crippen molar-refractivity contribution in [3.8, 4) is 11.5 Å². The summed E-state index contributed by atoms with van der Waals surface area (Å²) in [4.78, 5) is 14.6. The van der Waals surface area contributed by atoms with E-state index >= 15 is 0 Å². The number of benzene rings is 2. The van der Waals surface area contributed by atoms with Crippen molar-refractivity contribution in [3.63, 3.8) is 0 Å². The lowest BCUT2D eigenvalue weighted by Gasteiger charge is -2.23. The second-order valence-corrected chi connectivity index (χ2v) is 5.25. The molecule has 0 atom stereocenters. The van der Waals surface area contributed by atoms with Gasteiger partial charge in [0.25, 0.3) is 5.91 Å². The molecule has 0 spiro atoms. The van der Waals surface area contributed by atoms with Crippen LogP contribution in [0.25, 0.3) is 0 Å². The van der Waals surface area contributed by atoms with E-state index in [-0.39, 0.29) is 5.91 Å². The van der Waals surface area contributed by atoms with Gasteiger partial charge in [-0.25, -0.2) is 0 Å². The van der Waals surface area contributed by atoms with Gasteiger partial charge in [-0.15, -0.1) is 0 Å². The third-order valence-electron chi connectivity index (χ3n) is 3.66. The van der Waals surface area contributed by atoms with Crippen molar-refractivity contribution in [3.05, 3.63) is 53.6 Å². The standard InChI is InChI=1S/C18H19NO3/c1-3-19(15-6-4-5-13(2)11-15)18(20)14-7-8-16-17(12-14)22-10-9-21-16/h4-8,11-12H,3,9-10H2,1-2H3. The average molecular weight is 297 g/mol. The van der Waals surface area contributed by atoms with Gasteiger partial charge in [0.05, 0.1) is 0 Å². The lowest BCUT2D eigenvalue weighted by molar-refractivity contribution is 0.0987. The molecule has 4 nitrogen and oxygen atoms in total. The number of ether oxygens (including phenoxy) is 2. The van der Waals surface area contributed by atoms with Crippen LogP contribution < -0.4 is 14.4 Å². The van der Waals surface area contributed by atoms with Gasteiger partial charge in [-0.3, -0.25) is 4.79 Å². The molecular formula is C18H19NO3. The van der Waals surface area contributed by atoms with Crippen LogP contribution in [0.4, 0.5) is 5.69 Å². The number of carbonyl (C=O) groups excluding carboxylic acids is 1. The topological polar surface area (TPSA) is 38.8 Å². The third kappa shape index (κ3) is 2.77. The SMILES string of the molecule is CCN(C(=O)c1ccc2c(c1)OCCO2)c1cccc(C)c1. The maximum atomic E-state index is 12.8. The van der Waals surface area contributed by atoms with Crippen molar-refractivity contribution in [1.29, 1.82) is 0 Å². The summed E-state index contributed by atoms with van der Waals surface area (Å²) in [6.07, 6.45) is 0. The van der Waals surface area contributed by atoms with Crippen molar-refractivity contribution >= 4 is 11.6 Å². The predicted octanol–water partition coefficient (Wildman–Crippen LogP) is 3.43. The van der Waals surface area contributed by atoms with E-state index < -0.39 is 0 Å². The summed E-state index contributed by atoms with van der Waals surface area (Å²) in [6.45, 7) is 5.66. The Balaban J connectivity index is 1.91. The van der Waals surface area contributed by atoms with Crippen molar-refractivity contribution < 1.29 is 14.3 Å². The van der Waals surface area contributed by atoms with E-state index in [1.807, 2.05) is 38.1 Å². The smallest absolute Gasteiger partial charge is 0.258 e. The third-order valence-corrected chi connectivity index (χ3v) is 3.66. The van der Waals surface area contributed by atoms with E-state index in [9.17, 15) is 4.79 Å². The summed E-state index contributed by atoms with van der Waals surface area (Å²) in [5.41, 5.74) is 2.64. The Morgan fingerprint density at radius 1 is 1.09 bits per heavy atom. The number of hydrogen-bond donors (Lipinski definition) is 0. The molecule has 3 rings (SSSR count). The summed E-state index contributed by atoms with van der Waals surface area (Å²) in [5.74, 6) is 1.30. The molecule has 0 saturated heterocycles. The van der Waals surface area contributed by atoms with Crippen LogP contribution in [0.1, 0.15) is 22.8 Å². The summed E-state index contributed by atoms with van der Waals surface area (Å²) >= 11 is 0. The van der Waals surface area contributed by atoms with Crippen LogP contribution in [0.3, 0.4) is 0 Å². The first-order chi connectivity index (χ1) is 10.7. The summed E-state index contributed by atoms with van der Waals surface area (Å²) in [6, 6.07) is 13.3. The van der Waals surface area contributed by atoms with Crippen molar-refractivity contribution in [2.24, 2.45) is 0 Å². The van der Waals surface area contributed by atoms with Crippen molar-refractivity contribution in [2.75, 3.05) is 24.7 Å². The van der Waals surface area contributed by atoms with Gasteiger partial charge < -0.3 is 14.4 Å². The largest absolute Gasteiger partial charge is 0.486 e. The summed E-state index contributed by atoms with van der Waals surface area (Å²) in [5, 5.41) is 0. The van der Waals surface area contributed by atoms with Gasteiger partial charge in [-0.2, -0.15) is 0 Å². The molecule has 1 aliphatic rings. The minimum Gasteiger partial charge on any atom is -0.486 e. The Morgan fingerprint density at radius 3 is 2.59 bits per heavy atom. The van der Waals surface area contributed by atoms with Crippen molar-refractivity contribution in [2.45, 2.75) is 13.8 Å². The lowest BCUT2D eigenvalue weighted by atomic mass is 10.1. The molecule has 2 aromatic carbocycles. The molecular weight excluding hydrogens is 278 g/mol. The molecule has 0 unspecified atom stereocenters. The zero-order valence-corrected chi connectivity index (χ0v) is 12.8. The van der Waals surface area contributed by atoms with Gasteiger partial charge in [0.15, 0.2) is 11.5 Å². The second kappa shape index (κ2) is 6.10. The van der Waals surface area contributed by atoms with E-state index in [1.165, 1.54) is 0 Å². The molecule has 2 aromatic rings. The molecule has 1 amide bonds. The number of rotatable bonds is 3. The monoisotopic (exact) mass is 297 g/mol. The molecule has 0 bridgehead atoms.